The van der Waals surface area contributed by atoms with Gasteiger partial charge in [0.1, 0.15) is 6.61 Å². The standard InChI is InChI=1S/C13H19NO2S.ClH/c15-12(13-5-3-9-17-13)10-16-8-6-11-4-1-2-7-14-11;/h3,5,9,11,14H,1-2,4,6-8,10H2;1H. The predicted molar refractivity (Wildman–Crippen MR) is 77.0 cm³/mol. The molecule has 0 saturated carbocycles. The van der Waals surface area contributed by atoms with Crippen LogP contribution in [0.25, 0.3) is 0 Å². The minimum absolute atomic E-state index is 0. The Bertz CT molecular complexity index is 337. The summed E-state index contributed by atoms with van der Waals surface area (Å²) in [6, 6.07) is 4.32. The molecule has 0 aromatic carbocycles. The number of nitrogens with one attached hydrogen (secondary N) is 1. The Morgan fingerprint density at radius 1 is 1.50 bits per heavy atom. The number of ketones is 1. The molecule has 0 aliphatic carbocycles. The van der Waals surface area contributed by atoms with Gasteiger partial charge in [0.15, 0.2) is 5.78 Å². The molecule has 1 aliphatic rings. The van der Waals surface area contributed by atoms with Gasteiger partial charge in [-0.15, -0.1) is 23.7 Å². The summed E-state index contributed by atoms with van der Waals surface area (Å²) in [7, 11) is 0. The van der Waals surface area contributed by atoms with Crippen molar-refractivity contribution in [3.63, 3.8) is 0 Å². The molecule has 2 heterocycles. The van der Waals surface area contributed by atoms with Crippen LogP contribution >= 0.6 is 23.7 Å². The van der Waals surface area contributed by atoms with Gasteiger partial charge in [0.2, 0.25) is 0 Å². The molecule has 1 atom stereocenters. The van der Waals surface area contributed by atoms with Crippen LogP contribution in [0.15, 0.2) is 17.5 Å². The highest BCUT2D eigenvalue weighted by Crippen LogP contribution is 2.11. The van der Waals surface area contributed by atoms with E-state index >= 15 is 0 Å². The van der Waals surface area contributed by atoms with Gasteiger partial charge >= 0.3 is 0 Å². The third-order valence-corrected chi connectivity index (χ3v) is 3.96. The zero-order valence-corrected chi connectivity index (χ0v) is 12.0. The highest BCUT2D eigenvalue weighted by atomic mass is 35.5. The normalized spacial score (nSPS) is 19.2. The fraction of sp³-hybridized carbons (Fsp3) is 0.615. The lowest BCUT2D eigenvalue weighted by atomic mass is 10.0. The van der Waals surface area contributed by atoms with E-state index in [-0.39, 0.29) is 24.8 Å². The third-order valence-electron chi connectivity index (χ3n) is 3.05. The van der Waals surface area contributed by atoms with Crippen molar-refractivity contribution in [3.8, 4) is 0 Å². The number of halogens is 1. The monoisotopic (exact) mass is 289 g/mol. The van der Waals surface area contributed by atoms with Crippen molar-refractivity contribution >= 4 is 29.5 Å². The van der Waals surface area contributed by atoms with Gasteiger partial charge in [0, 0.05) is 12.6 Å². The summed E-state index contributed by atoms with van der Waals surface area (Å²) in [5.74, 6) is 0.0941. The molecule has 1 aliphatic heterocycles. The number of ether oxygens (including phenoxy) is 1. The van der Waals surface area contributed by atoms with Crippen LogP contribution in [0.5, 0.6) is 0 Å². The minimum Gasteiger partial charge on any atom is -0.373 e. The van der Waals surface area contributed by atoms with Crippen LogP contribution in [-0.4, -0.2) is 31.6 Å². The Balaban J connectivity index is 0.00000162. The van der Waals surface area contributed by atoms with E-state index in [2.05, 4.69) is 5.32 Å². The molecule has 5 heteroatoms. The molecule has 18 heavy (non-hydrogen) atoms. The van der Waals surface area contributed by atoms with Gasteiger partial charge in [-0.1, -0.05) is 12.5 Å². The number of piperidine rings is 1. The smallest absolute Gasteiger partial charge is 0.198 e. The summed E-state index contributed by atoms with van der Waals surface area (Å²) in [5.41, 5.74) is 0. The van der Waals surface area contributed by atoms with Gasteiger partial charge in [-0.2, -0.15) is 0 Å². The van der Waals surface area contributed by atoms with Gasteiger partial charge < -0.3 is 10.1 Å². The van der Waals surface area contributed by atoms with Crippen LogP contribution in [0.4, 0.5) is 0 Å². The summed E-state index contributed by atoms with van der Waals surface area (Å²) < 4.78 is 5.44. The Labute approximate surface area is 118 Å². The third kappa shape index (κ3) is 5.06. The second kappa shape index (κ2) is 8.64. The maximum Gasteiger partial charge on any atom is 0.198 e. The first kappa shape index (κ1) is 15.6. The van der Waals surface area contributed by atoms with Crippen LogP contribution in [0, 0.1) is 0 Å². The number of hydrogen-bond donors (Lipinski definition) is 1. The van der Waals surface area contributed by atoms with Crippen molar-refractivity contribution in [2.24, 2.45) is 0 Å². The highest BCUT2D eigenvalue weighted by Gasteiger charge is 2.12. The van der Waals surface area contributed by atoms with Crippen LogP contribution in [0.2, 0.25) is 0 Å². The van der Waals surface area contributed by atoms with E-state index in [9.17, 15) is 4.79 Å². The maximum absolute atomic E-state index is 11.6. The van der Waals surface area contributed by atoms with Crippen molar-refractivity contribution in [1.82, 2.24) is 5.32 Å². The fourth-order valence-electron chi connectivity index (χ4n) is 2.07. The topological polar surface area (TPSA) is 38.3 Å². The molecule has 0 bridgehead atoms. The molecule has 102 valence electrons. The molecule has 2 rings (SSSR count). The van der Waals surface area contributed by atoms with E-state index in [1.165, 1.54) is 30.6 Å². The minimum atomic E-state index is 0. The van der Waals surface area contributed by atoms with Crippen molar-refractivity contribution < 1.29 is 9.53 Å². The molecule has 1 aromatic rings. The Kier molecular flexibility index (Phi) is 7.51. The number of hydrogen-bond acceptors (Lipinski definition) is 4. The summed E-state index contributed by atoms with van der Waals surface area (Å²) in [5, 5.41) is 5.39. The summed E-state index contributed by atoms with van der Waals surface area (Å²) in [6.07, 6.45) is 4.85. The van der Waals surface area contributed by atoms with Crippen LogP contribution < -0.4 is 5.32 Å². The lowest BCUT2D eigenvalue weighted by molar-refractivity contribution is 0.0740. The fourth-order valence-corrected chi connectivity index (χ4v) is 2.72. The van der Waals surface area contributed by atoms with Gasteiger partial charge in [-0.25, -0.2) is 0 Å². The molecule has 3 nitrogen and oxygen atoms in total. The first-order valence-corrected chi connectivity index (χ1v) is 7.12. The largest absolute Gasteiger partial charge is 0.373 e. The first-order chi connectivity index (χ1) is 8.36. The van der Waals surface area contributed by atoms with Crippen LogP contribution in [0.1, 0.15) is 35.4 Å². The number of rotatable bonds is 6. The Hall–Kier alpha value is -0.420. The van der Waals surface area contributed by atoms with Crippen molar-refractivity contribution in [2.75, 3.05) is 19.8 Å². The average Bonchev–Trinajstić information content (AvgIpc) is 2.89. The number of carbonyl (C=O) groups excluding carboxylic acids is 1. The average molecular weight is 290 g/mol. The van der Waals surface area contributed by atoms with Crippen molar-refractivity contribution in [3.05, 3.63) is 22.4 Å². The Morgan fingerprint density at radius 2 is 2.39 bits per heavy atom. The van der Waals surface area contributed by atoms with Gasteiger partial charge in [-0.05, 0) is 37.3 Å². The SMILES string of the molecule is Cl.O=C(COCCC1CCCCN1)c1cccs1. The molecule has 1 N–H and O–H groups in total. The zero-order chi connectivity index (χ0) is 11.9. The molecule has 1 saturated heterocycles. The van der Waals surface area contributed by atoms with E-state index in [1.807, 2.05) is 17.5 Å². The number of carbonyl (C=O) groups is 1. The molecule has 0 amide bonds. The van der Waals surface area contributed by atoms with Gasteiger partial charge in [0.05, 0.1) is 4.88 Å². The van der Waals surface area contributed by atoms with E-state index in [1.54, 1.807) is 0 Å². The predicted octanol–water partition coefficient (Wildman–Crippen LogP) is 2.90. The summed E-state index contributed by atoms with van der Waals surface area (Å²) in [4.78, 5) is 12.4. The lowest BCUT2D eigenvalue weighted by Crippen LogP contribution is -2.34. The van der Waals surface area contributed by atoms with E-state index in [0.717, 1.165) is 17.8 Å². The molecule has 1 aromatic heterocycles. The molecular formula is C13H20ClNO2S. The van der Waals surface area contributed by atoms with Crippen molar-refractivity contribution in [1.29, 1.82) is 0 Å². The molecule has 1 fully saturated rings. The molecule has 1 unspecified atom stereocenters. The second-order valence-corrected chi connectivity index (χ2v) is 5.34. The van der Waals surface area contributed by atoms with Crippen LogP contribution in [-0.2, 0) is 4.74 Å². The molecular weight excluding hydrogens is 270 g/mol. The van der Waals surface area contributed by atoms with Crippen molar-refractivity contribution in [2.45, 2.75) is 31.7 Å². The van der Waals surface area contributed by atoms with Gasteiger partial charge in [-0.3, -0.25) is 4.79 Å². The maximum atomic E-state index is 11.6. The van der Waals surface area contributed by atoms with E-state index in [0.29, 0.717) is 12.6 Å². The first-order valence-electron chi connectivity index (χ1n) is 6.24. The zero-order valence-electron chi connectivity index (χ0n) is 10.4. The quantitative estimate of drug-likeness (QED) is 0.646. The van der Waals surface area contributed by atoms with Gasteiger partial charge in [0.25, 0.3) is 0 Å². The molecule has 0 spiro atoms. The lowest BCUT2D eigenvalue weighted by Gasteiger charge is -2.23. The van der Waals surface area contributed by atoms with E-state index < -0.39 is 0 Å². The summed E-state index contributed by atoms with van der Waals surface area (Å²) >= 11 is 1.48. The second-order valence-electron chi connectivity index (χ2n) is 4.39. The number of thiophene rings is 1. The van der Waals surface area contributed by atoms with E-state index in [4.69, 9.17) is 4.74 Å². The highest BCUT2D eigenvalue weighted by molar-refractivity contribution is 7.12. The van der Waals surface area contributed by atoms with Crippen LogP contribution in [0.3, 0.4) is 0 Å². The molecule has 0 radical (unpaired) electrons. The Morgan fingerprint density at radius 3 is 3.06 bits per heavy atom. The summed E-state index contributed by atoms with van der Waals surface area (Å²) in [6.45, 7) is 2.01. The number of Topliss-reactive ketones (excluding diaryl/α,β-unsaturated/α-hetero) is 1.